The lowest BCUT2D eigenvalue weighted by molar-refractivity contribution is -0.136. The number of piperazine rings is 1. The van der Waals surface area contributed by atoms with Crippen LogP contribution in [0.15, 0.2) is 12.2 Å². The first-order valence-electron chi connectivity index (χ1n) is 6.46. The van der Waals surface area contributed by atoms with Crippen LogP contribution in [-0.4, -0.2) is 47.8 Å². The predicted molar refractivity (Wildman–Crippen MR) is 72.0 cm³/mol. The molecular formula is C14H21N3O2. The van der Waals surface area contributed by atoms with Gasteiger partial charge in [-0.15, -0.1) is 0 Å². The summed E-state index contributed by atoms with van der Waals surface area (Å²) in [6.45, 7) is 8.19. The van der Waals surface area contributed by atoms with Crippen molar-refractivity contribution in [2.75, 3.05) is 26.2 Å². The molecule has 104 valence electrons. The van der Waals surface area contributed by atoms with Crippen molar-refractivity contribution in [1.82, 2.24) is 9.80 Å². The molecule has 0 aromatic heterocycles. The van der Waals surface area contributed by atoms with Gasteiger partial charge in [0.25, 0.3) is 0 Å². The van der Waals surface area contributed by atoms with E-state index >= 15 is 0 Å². The fourth-order valence-electron chi connectivity index (χ4n) is 1.78. The van der Waals surface area contributed by atoms with E-state index in [4.69, 9.17) is 5.26 Å². The van der Waals surface area contributed by atoms with Crippen LogP contribution in [-0.2, 0) is 9.59 Å². The summed E-state index contributed by atoms with van der Waals surface area (Å²) in [6.07, 6.45) is 3.41. The van der Waals surface area contributed by atoms with Crippen LogP contribution in [0, 0.1) is 16.7 Å². The third-order valence-electron chi connectivity index (χ3n) is 2.90. The quantitative estimate of drug-likeness (QED) is 0.703. The van der Waals surface area contributed by atoms with E-state index in [-0.39, 0.29) is 23.7 Å². The topological polar surface area (TPSA) is 64.4 Å². The number of hydrogen-bond acceptors (Lipinski definition) is 3. The Bertz CT molecular complexity index is 407. The van der Waals surface area contributed by atoms with Gasteiger partial charge in [-0.3, -0.25) is 9.59 Å². The molecule has 1 heterocycles. The SMILES string of the molecule is CC(C)(C)/C=C/C(=O)N1CCN(C(=O)CC#N)CC1. The second-order valence-electron chi connectivity index (χ2n) is 5.74. The number of nitriles is 1. The molecule has 1 rings (SSSR count). The molecule has 19 heavy (non-hydrogen) atoms. The van der Waals surface area contributed by atoms with E-state index in [2.05, 4.69) is 0 Å². The molecule has 2 amide bonds. The molecule has 0 radical (unpaired) electrons. The Morgan fingerprint density at radius 1 is 1.16 bits per heavy atom. The standard InChI is InChI=1S/C14H21N3O2/c1-14(2,3)6-4-12(18)16-8-10-17(11-9-16)13(19)5-7-15/h4,6H,5,8-11H2,1-3H3/b6-4+. The molecule has 0 aromatic rings. The molecule has 1 aliphatic heterocycles. The van der Waals surface area contributed by atoms with E-state index in [1.54, 1.807) is 15.9 Å². The maximum absolute atomic E-state index is 11.9. The van der Waals surface area contributed by atoms with E-state index in [0.29, 0.717) is 26.2 Å². The van der Waals surface area contributed by atoms with Gasteiger partial charge in [0.05, 0.1) is 6.07 Å². The fraction of sp³-hybridized carbons (Fsp3) is 0.643. The van der Waals surface area contributed by atoms with Crippen LogP contribution < -0.4 is 0 Å². The molecule has 5 nitrogen and oxygen atoms in total. The zero-order valence-corrected chi connectivity index (χ0v) is 11.8. The summed E-state index contributed by atoms with van der Waals surface area (Å²) in [5.41, 5.74) is -0.0136. The van der Waals surface area contributed by atoms with Crippen molar-refractivity contribution < 1.29 is 9.59 Å². The minimum absolute atomic E-state index is 0.0118. The van der Waals surface area contributed by atoms with Gasteiger partial charge in [-0.25, -0.2) is 0 Å². The molecule has 1 fully saturated rings. The molecular weight excluding hydrogens is 242 g/mol. The van der Waals surface area contributed by atoms with Crippen LogP contribution in [0.4, 0.5) is 0 Å². The molecule has 0 atom stereocenters. The number of rotatable bonds is 2. The highest BCUT2D eigenvalue weighted by atomic mass is 16.2. The number of amides is 2. The predicted octanol–water partition coefficient (Wildman–Crippen LogP) is 1.17. The van der Waals surface area contributed by atoms with Crippen LogP contribution in [0.2, 0.25) is 0 Å². The van der Waals surface area contributed by atoms with E-state index in [1.165, 1.54) is 0 Å². The van der Waals surface area contributed by atoms with Crippen molar-refractivity contribution >= 4 is 11.8 Å². The second-order valence-corrected chi connectivity index (χ2v) is 5.74. The molecule has 0 aliphatic carbocycles. The molecule has 0 aromatic carbocycles. The lowest BCUT2D eigenvalue weighted by Crippen LogP contribution is -2.50. The summed E-state index contributed by atoms with van der Waals surface area (Å²) in [4.78, 5) is 26.8. The summed E-state index contributed by atoms with van der Waals surface area (Å²) < 4.78 is 0. The van der Waals surface area contributed by atoms with Gasteiger partial charge in [-0.2, -0.15) is 5.26 Å². The first-order valence-corrected chi connectivity index (χ1v) is 6.46. The third kappa shape index (κ3) is 5.12. The van der Waals surface area contributed by atoms with Crippen LogP contribution in [0.1, 0.15) is 27.2 Å². The molecule has 5 heteroatoms. The molecule has 0 spiro atoms. The van der Waals surface area contributed by atoms with Crippen LogP contribution in [0.25, 0.3) is 0 Å². The largest absolute Gasteiger partial charge is 0.338 e. The molecule has 0 N–H and O–H groups in total. The minimum Gasteiger partial charge on any atom is -0.338 e. The summed E-state index contributed by atoms with van der Waals surface area (Å²) in [5, 5.41) is 8.48. The first kappa shape index (κ1) is 15.2. The number of carbonyl (C=O) groups is 2. The van der Waals surface area contributed by atoms with Gasteiger partial charge in [0.1, 0.15) is 6.42 Å². The highest BCUT2D eigenvalue weighted by Crippen LogP contribution is 2.15. The third-order valence-corrected chi connectivity index (χ3v) is 2.90. The summed E-state index contributed by atoms with van der Waals surface area (Å²) >= 11 is 0. The minimum atomic E-state index is -0.153. The zero-order chi connectivity index (χ0) is 14.5. The van der Waals surface area contributed by atoms with Gasteiger partial charge in [0.15, 0.2) is 0 Å². The van der Waals surface area contributed by atoms with Gasteiger partial charge >= 0.3 is 0 Å². The second kappa shape index (κ2) is 6.37. The Hall–Kier alpha value is -1.83. The molecule has 0 unspecified atom stereocenters. The smallest absolute Gasteiger partial charge is 0.246 e. The van der Waals surface area contributed by atoms with Crippen molar-refractivity contribution in [2.24, 2.45) is 5.41 Å². The van der Waals surface area contributed by atoms with Gasteiger partial charge in [0, 0.05) is 26.2 Å². The van der Waals surface area contributed by atoms with Gasteiger partial charge in [0.2, 0.25) is 11.8 Å². The Balaban J connectivity index is 2.46. The number of allylic oxidation sites excluding steroid dienone is 1. The number of hydrogen-bond donors (Lipinski definition) is 0. The van der Waals surface area contributed by atoms with Crippen molar-refractivity contribution in [1.29, 1.82) is 5.26 Å². The maximum atomic E-state index is 11.9. The summed E-state index contributed by atoms with van der Waals surface area (Å²) in [6, 6.07) is 1.85. The Kier molecular flexibility index (Phi) is 5.11. The molecule has 0 bridgehead atoms. The lowest BCUT2D eigenvalue weighted by Gasteiger charge is -2.34. The number of nitrogens with zero attached hydrogens (tertiary/aromatic N) is 3. The maximum Gasteiger partial charge on any atom is 0.246 e. The van der Waals surface area contributed by atoms with Gasteiger partial charge in [-0.1, -0.05) is 26.8 Å². The van der Waals surface area contributed by atoms with E-state index < -0.39 is 0 Å². The number of carbonyl (C=O) groups excluding carboxylic acids is 2. The normalized spacial score (nSPS) is 16.5. The Morgan fingerprint density at radius 2 is 1.68 bits per heavy atom. The zero-order valence-electron chi connectivity index (χ0n) is 11.8. The summed E-state index contributed by atoms with van der Waals surface area (Å²) in [7, 11) is 0. The summed E-state index contributed by atoms with van der Waals surface area (Å²) in [5.74, 6) is -0.165. The van der Waals surface area contributed by atoms with Crippen molar-refractivity contribution in [3.63, 3.8) is 0 Å². The van der Waals surface area contributed by atoms with E-state index in [0.717, 1.165) is 0 Å². The van der Waals surface area contributed by atoms with E-state index in [9.17, 15) is 9.59 Å². The van der Waals surface area contributed by atoms with Crippen molar-refractivity contribution in [3.05, 3.63) is 12.2 Å². The Labute approximate surface area is 114 Å². The Morgan fingerprint density at radius 3 is 2.16 bits per heavy atom. The highest BCUT2D eigenvalue weighted by molar-refractivity contribution is 5.88. The van der Waals surface area contributed by atoms with Gasteiger partial charge in [-0.05, 0) is 11.5 Å². The highest BCUT2D eigenvalue weighted by Gasteiger charge is 2.22. The van der Waals surface area contributed by atoms with Crippen LogP contribution >= 0.6 is 0 Å². The first-order chi connectivity index (χ1) is 8.83. The van der Waals surface area contributed by atoms with Crippen LogP contribution in [0.3, 0.4) is 0 Å². The van der Waals surface area contributed by atoms with Crippen molar-refractivity contribution in [3.8, 4) is 6.07 Å². The van der Waals surface area contributed by atoms with Crippen LogP contribution in [0.5, 0.6) is 0 Å². The van der Waals surface area contributed by atoms with E-state index in [1.807, 2.05) is 32.9 Å². The molecule has 0 saturated carbocycles. The molecule has 1 aliphatic rings. The average Bonchev–Trinajstić information content (AvgIpc) is 2.35. The average molecular weight is 263 g/mol. The van der Waals surface area contributed by atoms with Gasteiger partial charge < -0.3 is 9.80 Å². The lowest BCUT2D eigenvalue weighted by atomic mass is 9.96. The monoisotopic (exact) mass is 263 g/mol. The van der Waals surface area contributed by atoms with Crippen molar-refractivity contribution in [2.45, 2.75) is 27.2 Å². The fourth-order valence-corrected chi connectivity index (χ4v) is 1.78. The molecule has 1 saturated heterocycles.